The lowest BCUT2D eigenvalue weighted by atomic mass is 10.4. The van der Waals surface area contributed by atoms with Crippen LogP contribution in [0.25, 0.3) is 0 Å². The van der Waals surface area contributed by atoms with Crippen LogP contribution in [0.2, 0.25) is 50.4 Å². The molecule has 0 aliphatic rings. The quantitative estimate of drug-likeness (QED) is 0.366. The lowest BCUT2D eigenvalue weighted by Gasteiger charge is -2.42. The Balaban J connectivity index is -0.000000108. The second kappa shape index (κ2) is 16.7. The van der Waals surface area contributed by atoms with Gasteiger partial charge in [0.15, 0.2) is 16.6 Å². The molecule has 0 amide bonds. The summed E-state index contributed by atoms with van der Waals surface area (Å²) in [4.78, 5) is 0. The molecule has 0 aromatic rings. The normalized spacial score (nSPS) is 13.2. The molecule has 5 heteroatoms. The summed E-state index contributed by atoms with van der Waals surface area (Å²) in [7, 11) is -5.26. The van der Waals surface area contributed by atoms with E-state index in [0.717, 1.165) is 0 Å². The molecular formula is C20H60O2Si3. The van der Waals surface area contributed by atoms with Crippen LogP contribution in [-0.2, 0) is 8.23 Å². The Kier molecular flexibility index (Phi) is 29.9. The maximum atomic E-state index is 6.60. The number of hydrogen-bond donors (Lipinski definition) is 0. The van der Waals surface area contributed by atoms with Gasteiger partial charge in [-0.3, -0.25) is 0 Å². The van der Waals surface area contributed by atoms with E-state index in [9.17, 15) is 0 Å². The number of rotatable bonds is 8. The van der Waals surface area contributed by atoms with E-state index < -0.39 is 25.2 Å². The van der Waals surface area contributed by atoms with E-state index in [1.807, 2.05) is 0 Å². The van der Waals surface area contributed by atoms with Gasteiger partial charge in [-0.1, -0.05) is 85.1 Å². The van der Waals surface area contributed by atoms with Crippen LogP contribution >= 0.6 is 0 Å². The molecule has 2 nitrogen and oxygen atoms in total. The molecule has 2 atom stereocenters. The molecule has 0 saturated heterocycles. The summed E-state index contributed by atoms with van der Waals surface area (Å²) >= 11 is 0. The Morgan fingerprint density at radius 3 is 0.920 bits per heavy atom. The second-order valence-electron chi connectivity index (χ2n) is 7.43. The Bertz CT molecular complexity index is 254. The Morgan fingerprint density at radius 1 is 0.560 bits per heavy atom. The molecule has 2 unspecified atom stereocenters. The lowest BCUT2D eigenvalue weighted by molar-refractivity contribution is 0.375. The van der Waals surface area contributed by atoms with Crippen molar-refractivity contribution in [1.29, 1.82) is 0 Å². The van der Waals surface area contributed by atoms with Gasteiger partial charge in [0, 0.05) is 0 Å². The third kappa shape index (κ3) is 15.3. The SMILES string of the molecule is C.C.C.C.C.C.CCC(C)[Si](C)(C)O[Si](C)(C)O[Si](C)(C)C(C)CC. The summed E-state index contributed by atoms with van der Waals surface area (Å²) in [5.74, 6) is 0. The van der Waals surface area contributed by atoms with Crippen LogP contribution in [0.15, 0.2) is 0 Å². The van der Waals surface area contributed by atoms with Gasteiger partial charge in [-0.05, 0) is 50.4 Å². The molecule has 0 rings (SSSR count). The Morgan fingerprint density at radius 2 is 0.760 bits per heavy atom. The van der Waals surface area contributed by atoms with Crippen molar-refractivity contribution in [3.63, 3.8) is 0 Å². The summed E-state index contributed by atoms with van der Waals surface area (Å²) in [6.45, 7) is 23.0. The van der Waals surface area contributed by atoms with Crippen LogP contribution in [0.1, 0.15) is 85.1 Å². The molecule has 0 fully saturated rings. The zero-order chi connectivity index (χ0) is 15.5. The predicted octanol–water partition coefficient (Wildman–Crippen LogP) is 9.55. The van der Waals surface area contributed by atoms with Crippen LogP contribution in [0.4, 0.5) is 0 Å². The van der Waals surface area contributed by atoms with Gasteiger partial charge in [-0.15, -0.1) is 0 Å². The molecule has 0 bridgehead atoms. The van der Waals surface area contributed by atoms with Crippen LogP contribution in [0.3, 0.4) is 0 Å². The molecule has 164 valence electrons. The summed E-state index contributed by atoms with van der Waals surface area (Å²) in [6, 6.07) is 0. The highest BCUT2D eigenvalue weighted by atomic mass is 28.5. The first-order valence-corrected chi connectivity index (χ1v) is 16.6. The van der Waals surface area contributed by atoms with Crippen molar-refractivity contribution < 1.29 is 8.23 Å². The van der Waals surface area contributed by atoms with E-state index in [1.165, 1.54) is 12.8 Å². The van der Waals surface area contributed by atoms with Gasteiger partial charge < -0.3 is 8.23 Å². The van der Waals surface area contributed by atoms with Gasteiger partial charge in [0.25, 0.3) is 0 Å². The molecular weight excluding hydrogens is 356 g/mol. The first kappa shape index (κ1) is 44.8. The predicted molar refractivity (Wildman–Crippen MR) is 134 cm³/mol. The van der Waals surface area contributed by atoms with E-state index in [1.54, 1.807) is 0 Å². The average molecular weight is 417 g/mol. The van der Waals surface area contributed by atoms with Crippen molar-refractivity contribution in [2.24, 2.45) is 0 Å². The van der Waals surface area contributed by atoms with Gasteiger partial charge in [0.1, 0.15) is 0 Å². The maximum Gasteiger partial charge on any atom is 0.311 e. The Labute approximate surface area is 169 Å². The Hall–Kier alpha value is 0.571. The number of hydrogen-bond acceptors (Lipinski definition) is 2. The van der Waals surface area contributed by atoms with Crippen molar-refractivity contribution in [3.05, 3.63) is 0 Å². The topological polar surface area (TPSA) is 18.5 Å². The first-order valence-electron chi connectivity index (χ1n) is 7.78. The molecule has 25 heavy (non-hydrogen) atoms. The van der Waals surface area contributed by atoms with Crippen molar-refractivity contribution in [3.8, 4) is 0 Å². The second-order valence-corrected chi connectivity index (χ2v) is 20.2. The van der Waals surface area contributed by atoms with E-state index in [0.29, 0.717) is 11.1 Å². The summed E-state index contributed by atoms with van der Waals surface area (Å²) < 4.78 is 13.2. The highest BCUT2D eigenvalue weighted by Gasteiger charge is 2.42. The standard InChI is InChI=1S/C14H36O2Si3.6CH4/c1-11-13(3)17(5,6)15-19(9,10)16-18(7,8)14(4)12-2;;;;;;/h13-14H,11-12H2,1-10H3;6*1H4. The highest BCUT2D eigenvalue weighted by Crippen LogP contribution is 2.33. The fourth-order valence-corrected chi connectivity index (χ4v) is 16.7. The third-order valence-electron chi connectivity index (χ3n) is 4.62. The third-order valence-corrected chi connectivity index (χ3v) is 18.3. The zero-order valence-electron chi connectivity index (χ0n) is 14.9. The van der Waals surface area contributed by atoms with E-state index in [-0.39, 0.29) is 44.6 Å². The largest absolute Gasteiger partial charge is 0.436 e. The minimum atomic E-state index is -2.01. The van der Waals surface area contributed by atoms with Gasteiger partial charge in [-0.25, -0.2) is 0 Å². The van der Waals surface area contributed by atoms with E-state index >= 15 is 0 Å². The summed E-state index contributed by atoms with van der Waals surface area (Å²) in [6.07, 6.45) is 2.41. The van der Waals surface area contributed by atoms with Crippen LogP contribution < -0.4 is 0 Å². The van der Waals surface area contributed by atoms with Crippen molar-refractivity contribution in [1.82, 2.24) is 0 Å². The molecule has 0 heterocycles. The van der Waals surface area contributed by atoms with Crippen molar-refractivity contribution >= 4 is 25.2 Å². The minimum Gasteiger partial charge on any atom is -0.436 e. The van der Waals surface area contributed by atoms with Crippen LogP contribution in [-0.4, -0.2) is 25.2 Å². The van der Waals surface area contributed by atoms with Gasteiger partial charge in [-0.2, -0.15) is 0 Å². The van der Waals surface area contributed by atoms with Crippen molar-refractivity contribution in [2.75, 3.05) is 0 Å². The molecule has 0 aromatic heterocycles. The zero-order valence-corrected chi connectivity index (χ0v) is 17.9. The van der Waals surface area contributed by atoms with Crippen molar-refractivity contribution in [2.45, 2.75) is 135 Å². The smallest absolute Gasteiger partial charge is 0.311 e. The molecule has 0 aliphatic heterocycles. The van der Waals surface area contributed by atoms with Gasteiger partial charge >= 0.3 is 8.56 Å². The summed E-state index contributed by atoms with van der Waals surface area (Å²) in [5.41, 5.74) is 1.38. The average Bonchev–Trinajstić information content (AvgIpc) is 2.23. The van der Waals surface area contributed by atoms with E-state index in [4.69, 9.17) is 8.23 Å². The maximum absolute atomic E-state index is 6.60. The molecule has 0 saturated carbocycles. The van der Waals surface area contributed by atoms with Crippen LogP contribution in [0, 0.1) is 0 Å². The molecule has 0 aliphatic carbocycles. The van der Waals surface area contributed by atoms with Gasteiger partial charge in [0.2, 0.25) is 0 Å². The highest BCUT2D eigenvalue weighted by molar-refractivity contribution is 6.88. The first-order chi connectivity index (χ1) is 8.38. The lowest BCUT2D eigenvalue weighted by Crippen LogP contribution is -2.54. The fraction of sp³-hybridized carbons (Fsp3) is 1.00. The molecule has 0 radical (unpaired) electrons. The molecule has 0 aromatic carbocycles. The van der Waals surface area contributed by atoms with Crippen LogP contribution in [0.5, 0.6) is 0 Å². The van der Waals surface area contributed by atoms with Gasteiger partial charge in [0.05, 0.1) is 0 Å². The minimum absolute atomic E-state index is 0. The summed E-state index contributed by atoms with van der Waals surface area (Å²) in [5, 5.41) is 0. The monoisotopic (exact) mass is 416 g/mol. The fourth-order valence-electron chi connectivity index (χ4n) is 2.47. The van der Waals surface area contributed by atoms with E-state index in [2.05, 4.69) is 67.0 Å². The molecule has 0 spiro atoms. The molecule has 0 N–H and O–H groups in total.